The number of aromatic nitrogens is 1. The van der Waals surface area contributed by atoms with Crippen LogP contribution in [0.2, 0.25) is 0 Å². The molecule has 106 valence electrons. The van der Waals surface area contributed by atoms with E-state index in [1.54, 1.807) is 0 Å². The zero-order valence-corrected chi connectivity index (χ0v) is 12.5. The van der Waals surface area contributed by atoms with E-state index in [1.807, 2.05) is 25.3 Å². The summed E-state index contributed by atoms with van der Waals surface area (Å²) in [5.41, 5.74) is 1.71. The van der Waals surface area contributed by atoms with Crippen LogP contribution in [0.1, 0.15) is 63.4 Å². The van der Waals surface area contributed by atoms with Crippen LogP contribution in [-0.4, -0.2) is 23.9 Å². The molecule has 0 unspecified atom stereocenters. The molecule has 3 nitrogen and oxygen atoms in total. The lowest BCUT2D eigenvalue weighted by atomic mass is 10.2. The van der Waals surface area contributed by atoms with Crippen LogP contribution in [0.4, 0.5) is 5.69 Å². The Morgan fingerprint density at radius 2 is 1.74 bits per heavy atom. The Hall–Kier alpha value is -1.38. The fourth-order valence-electron chi connectivity index (χ4n) is 1.99. The number of hydrogen-bond acceptors (Lipinski definition) is 3. The van der Waals surface area contributed by atoms with Gasteiger partial charge in [-0.15, -0.1) is 0 Å². The monoisotopic (exact) mass is 262 g/mol. The van der Waals surface area contributed by atoms with Crippen molar-refractivity contribution in [2.24, 2.45) is 0 Å². The van der Waals surface area contributed by atoms with Gasteiger partial charge in [-0.2, -0.15) is 0 Å². The van der Waals surface area contributed by atoms with E-state index in [0.717, 1.165) is 18.8 Å². The molecule has 1 aromatic rings. The van der Waals surface area contributed by atoms with Crippen molar-refractivity contribution in [3.63, 3.8) is 0 Å². The molecule has 0 aliphatic carbocycles. The Morgan fingerprint density at radius 1 is 1.11 bits per heavy atom. The van der Waals surface area contributed by atoms with E-state index in [0.29, 0.717) is 12.1 Å². The second-order valence-corrected chi connectivity index (χ2v) is 4.87. The maximum absolute atomic E-state index is 11.6. The van der Waals surface area contributed by atoms with Gasteiger partial charge in [-0.25, -0.2) is 0 Å². The highest BCUT2D eigenvalue weighted by molar-refractivity contribution is 5.94. The highest BCUT2D eigenvalue weighted by Gasteiger charge is 2.08. The van der Waals surface area contributed by atoms with Gasteiger partial charge in [0.05, 0.1) is 11.9 Å². The first kappa shape index (κ1) is 15.7. The Morgan fingerprint density at radius 3 is 2.16 bits per heavy atom. The molecule has 3 heteroatoms. The molecule has 0 aromatic carbocycles. The van der Waals surface area contributed by atoms with Gasteiger partial charge in [0.15, 0.2) is 5.78 Å². The molecule has 0 saturated heterocycles. The molecule has 19 heavy (non-hydrogen) atoms. The van der Waals surface area contributed by atoms with Gasteiger partial charge < -0.3 is 4.90 Å². The smallest absolute Gasteiger partial charge is 0.180 e. The number of pyridine rings is 1. The summed E-state index contributed by atoms with van der Waals surface area (Å²) in [5.74, 6) is 0.111. The van der Waals surface area contributed by atoms with Crippen molar-refractivity contribution in [2.45, 2.75) is 52.9 Å². The van der Waals surface area contributed by atoms with Gasteiger partial charge in [0.2, 0.25) is 0 Å². The molecule has 0 aliphatic rings. The average Bonchev–Trinajstić information content (AvgIpc) is 2.47. The maximum atomic E-state index is 11.6. The Balaban J connectivity index is 2.74. The molecule has 0 saturated carbocycles. The van der Waals surface area contributed by atoms with E-state index < -0.39 is 0 Å². The normalized spacial score (nSPS) is 10.5. The molecular formula is C16H26N2O. The molecule has 1 rings (SSSR count). The third-order valence-electron chi connectivity index (χ3n) is 3.28. The lowest BCUT2D eigenvalue weighted by Gasteiger charge is -2.24. The summed E-state index contributed by atoms with van der Waals surface area (Å²) in [4.78, 5) is 18.2. The molecule has 0 spiro atoms. The zero-order chi connectivity index (χ0) is 14.1. The van der Waals surface area contributed by atoms with E-state index in [2.05, 4.69) is 23.7 Å². The minimum atomic E-state index is 0.111. The SMILES string of the molecule is CCCCN(CCCC)c1ccc(C(=O)CC)nc1. The van der Waals surface area contributed by atoms with Crippen molar-refractivity contribution in [1.29, 1.82) is 0 Å². The van der Waals surface area contributed by atoms with Crippen molar-refractivity contribution in [1.82, 2.24) is 4.98 Å². The van der Waals surface area contributed by atoms with E-state index in [1.165, 1.54) is 25.7 Å². The number of hydrogen-bond donors (Lipinski definition) is 0. The quantitative estimate of drug-likeness (QED) is 0.629. The van der Waals surface area contributed by atoms with Crippen molar-refractivity contribution < 1.29 is 4.79 Å². The molecule has 1 heterocycles. The summed E-state index contributed by atoms with van der Waals surface area (Å²) in [6.07, 6.45) is 7.14. The van der Waals surface area contributed by atoms with Crippen LogP contribution >= 0.6 is 0 Å². The molecule has 1 aromatic heterocycles. The first-order valence-corrected chi connectivity index (χ1v) is 7.47. The summed E-state index contributed by atoms with van der Waals surface area (Å²) in [5, 5.41) is 0. The summed E-state index contributed by atoms with van der Waals surface area (Å²) in [7, 11) is 0. The van der Waals surface area contributed by atoms with Crippen LogP contribution < -0.4 is 4.90 Å². The number of nitrogens with zero attached hydrogens (tertiary/aromatic N) is 2. The molecule has 0 aliphatic heterocycles. The summed E-state index contributed by atoms with van der Waals surface area (Å²) >= 11 is 0. The van der Waals surface area contributed by atoms with Crippen LogP contribution in [0.25, 0.3) is 0 Å². The summed E-state index contributed by atoms with van der Waals surface area (Å²) in [6.45, 7) is 8.42. The Kier molecular flexibility index (Phi) is 7.16. The standard InChI is InChI=1S/C16H26N2O/c1-4-7-11-18(12-8-5-2)14-9-10-15(17-13-14)16(19)6-3/h9-10,13H,4-8,11-12H2,1-3H3. The topological polar surface area (TPSA) is 33.2 Å². The number of carbonyl (C=O) groups is 1. The summed E-state index contributed by atoms with van der Waals surface area (Å²) < 4.78 is 0. The van der Waals surface area contributed by atoms with E-state index in [-0.39, 0.29) is 5.78 Å². The second-order valence-electron chi connectivity index (χ2n) is 4.87. The van der Waals surface area contributed by atoms with Crippen LogP contribution in [-0.2, 0) is 0 Å². The zero-order valence-electron chi connectivity index (χ0n) is 12.5. The van der Waals surface area contributed by atoms with Crippen molar-refractivity contribution in [3.8, 4) is 0 Å². The van der Waals surface area contributed by atoms with Crippen LogP contribution in [0.3, 0.4) is 0 Å². The Labute approximate surface area is 117 Å². The predicted molar refractivity (Wildman–Crippen MR) is 80.9 cm³/mol. The molecule has 0 amide bonds. The van der Waals surface area contributed by atoms with E-state index in [4.69, 9.17) is 0 Å². The molecule has 0 bridgehead atoms. The van der Waals surface area contributed by atoms with E-state index in [9.17, 15) is 4.79 Å². The average molecular weight is 262 g/mol. The van der Waals surface area contributed by atoms with Crippen LogP contribution in [0.5, 0.6) is 0 Å². The van der Waals surface area contributed by atoms with Crippen LogP contribution in [0.15, 0.2) is 18.3 Å². The third kappa shape index (κ3) is 5.01. The van der Waals surface area contributed by atoms with E-state index >= 15 is 0 Å². The largest absolute Gasteiger partial charge is 0.370 e. The minimum absolute atomic E-state index is 0.111. The Bertz CT molecular complexity index is 365. The number of unbranched alkanes of at least 4 members (excludes halogenated alkanes) is 2. The van der Waals surface area contributed by atoms with Gasteiger partial charge in [-0.3, -0.25) is 9.78 Å². The lowest BCUT2D eigenvalue weighted by Crippen LogP contribution is -2.25. The van der Waals surface area contributed by atoms with Crippen LogP contribution in [0, 0.1) is 0 Å². The van der Waals surface area contributed by atoms with Crippen molar-refractivity contribution in [2.75, 3.05) is 18.0 Å². The van der Waals surface area contributed by atoms with Gasteiger partial charge in [0, 0.05) is 19.5 Å². The summed E-state index contributed by atoms with van der Waals surface area (Å²) in [6, 6.07) is 3.88. The first-order chi connectivity index (χ1) is 9.22. The van der Waals surface area contributed by atoms with Crippen molar-refractivity contribution in [3.05, 3.63) is 24.0 Å². The lowest BCUT2D eigenvalue weighted by molar-refractivity contribution is 0.0983. The third-order valence-corrected chi connectivity index (χ3v) is 3.28. The fourth-order valence-corrected chi connectivity index (χ4v) is 1.99. The van der Waals surface area contributed by atoms with Gasteiger partial charge in [-0.05, 0) is 25.0 Å². The molecule has 0 fully saturated rings. The first-order valence-electron chi connectivity index (χ1n) is 7.47. The maximum Gasteiger partial charge on any atom is 0.180 e. The number of ketones is 1. The van der Waals surface area contributed by atoms with Gasteiger partial charge in [0.1, 0.15) is 5.69 Å². The van der Waals surface area contributed by atoms with Gasteiger partial charge >= 0.3 is 0 Å². The number of Topliss-reactive ketones (excluding diaryl/α,β-unsaturated/α-hetero) is 1. The number of carbonyl (C=O) groups excluding carboxylic acids is 1. The molecule has 0 radical (unpaired) electrons. The molecule has 0 N–H and O–H groups in total. The van der Waals surface area contributed by atoms with Gasteiger partial charge in [0.25, 0.3) is 0 Å². The number of rotatable bonds is 9. The highest BCUT2D eigenvalue weighted by atomic mass is 16.1. The number of anilines is 1. The highest BCUT2D eigenvalue weighted by Crippen LogP contribution is 2.15. The van der Waals surface area contributed by atoms with Gasteiger partial charge in [-0.1, -0.05) is 33.6 Å². The van der Waals surface area contributed by atoms with Crippen molar-refractivity contribution >= 4 is 11.5 Å². The second kappa shape index (κ2) is 8.68. The molecular weight excluding hydrogens is 236 g/mol. The fraction of sp³-hybridized carbons (Fsp3) is 0.625. The minimum Gasteiger partial charge on any atom is -0.370 e. The molecule has 0 atom stereocenters. The predicted octanol–water partition coefficient (Wildman–Crippen LogP) is 4.08.